The maximum atomic E-state index is 12.9. The van der Waals surface area contributed by atoms with E-state index in [1.807, 2.05) is 0 Å². The van der Waals surface area contributed by atoms with Gasteiger partial charge in [-0.25, -0.2) is 8.78 Å². The summed E-state index contributed by atoms with van der Waals surface area (Å²) in [6.07, 6.45) is 2.84. The molecule has 0 N–H and O–H groups in total. The van der Waals surface area contributed by atoms with Gasteiger partial charge in [0, 0.05) is 6.92 Å². The van der Waals surface area contributed by atoms with Crippen LogP contribution in [0.2, 0.25) is 0 Å². The number of carbonyl (C=O) groups excluding carboxylic acids is 1. The Morgan fingerprint density at radius 3 is 2.50 bits per heavy atom. The number of esters is 1. The van der Waals surface area contributed by atoms with E-state index in [4.69, 9.17) is 4.74 Å². The zero-order valence-electron chi connectivity index (χ0n) is 9.71. The van der Waals surface area contributed by atoms with Gasteiger partial charge in [0.05, 0.1) is 5.92 Å². The molecule has 2 fully saturated rings. The molecule has 2 nitrogen and oxygen atoms in total. The maximum absolute atomic E-state index is 12.9. The average Bonchev–Trinajstić information content (AvgIpc) is 2.76. The third-order valence-corrected chi connectivity index (χ3v) is 4.05. The molecule has 2 saturated carbocycles. The van der Waals surface area contributed by atoms with Crippen molar-refractivity contribution in [1.82, 2.24) is 0 Å². The molecule has 0 radical (unpaired) electrons. The number of ether oxygens (including phenoxy) is 1. The second kappa shape index (κ2) is 3.97. The highest BCUT2D eigenvalue weighted by molar-refractivity contribution is 5.73. The second-order valence-corrected chi connectivity index (χ2v) is 5.32. The zero-order valence-corrected chi connectivity index (χ0v) is 9.71. The second-order valence-electron chi connectivity index (χ2n) is 5.32. The number of fused-ring (bicyclic) bond motifs is 2. The van der Waals surface area contributed by atoms with Gasteiger partial charge in [0.1, 0.15) is 0 Å². The van der Waals surface area contributed by atoms with E-state index in [0.717, 1.165) is 26.2 Å². The molecule has 0 aromatic carbocycles. The predicted octanol–water partition coefficient (Wildman–Crippen LogP) is 3.01. The fraction of sp³-hybridized carbons (Fsp3) is 0.917. The first-order valence-corrected chi connectivity index (χ1v) is 5.96. The molecular formula is C12H18F2O2. The summed E-state index contributed by atoms with van der Waals surface area (Å²) >= 11 is 0. The first-order chi connectivity index (χ1) is 7.38. The van der Waals surface area contributed by atoms with Gasteiger partial charge in [0.25, 0.3) is 5.92 Å². The van der Waals surface area contributed by atoms with Crippen molar-refractivity contribution in [3.05, 3.63) is 0 Å². The molecule has 0 amide bonds. The summed E-state index contributed by atoms with van der Waals surface area (Å²) in [7, 11) is 0. The van der Waals surface area contributed by atoms with E-state index < -0.39 is 18.0 Å². The SMILES string of the molecule is CC(OC(=O)C1CC2CCC1C2)C(C)(F)F. The molecular weight excluding hydrogens is 214 g/mol. The Bertz CT molecular complexity index is 285. The van der Waals surface area contributed by atoms with E-state index in [9.17, 15) is 13.6 Å². The third-order valence-electron chi connectivity index (χ3n) is 4.05. The van der Waals surface area contributed by atoms with Gasteiger partial charge in [-0.3, -0.25) is 4.79 Å². The van der Waals surface area contributed by atoms with E-state index in [1.54, 1.807) is 0 Å². The average molecular weight is 232 g/mol. The lowest BCUT2D eigenvalue weighted by Crippen LogP contribution is -2.35. The van der Waals surface area contributed by atoms with Crippen LogP contribution in [0.4, 0.5) is 8.78 Å². The lowest BCUT2D eigenvalue weighted by Gasteiger charge is -2.25. The molecule has 2 aliphatic carbocycles. The number of halogens is 2. The summed E-state index contributed by atoms with van der Waals surface area (Å²) in [6, 6.07) is 0. The van der Waals surface area contributed by atoms with Crippen molar-refractivity contribution in [2.75, 3.05) is 0 Å². The normalized spacial score (nSPS) is 35.1. The van der Waals surface area contributed by atoms with E-state index >= 15 is 0 Å². The molecule has 4 heteroatoms. The van der Waals surface area contributed by atoms with E-state index in [1.165, 1.54) is 13.3 Å². The van der Waals surface area contributed by atoms with Crippen LogP contribution in [-0.2, 0) is 9.53 Å². The number of hydrogen-bond acceptors (Lipinski definition) is 2. The summed E-state index contributed by atoms with van der Waals surface area (Å²) in [5.74, 6) is -2.48. The highest BCUT2D eigenvalue weighted by Crippen LogP contribution is 2.48. The molecule has 16 heavy (non-hydrogen) atoms. The van der Waals surface area contributed by atoms with Crippen molar-refractivity contribution in [2.24, 2.45) is 17.8 Å². The largest absolute Gasteiger partial charge is 0.456 e. The van der Waals surface area contributed by atoms with Crippen LogP contribution in [0.5, 0.6) is 0 Å². The van der Waals surface area contributed by atoms with Crippen LogP contribution in [0.25, 0.3) is 0 Å². The van der Waals surface area contributed by atoms with Crippen molar-refractivity contribution in [2.45, 2.75) is 51.6 Å². The minimum absolute atomic E-state index is 0.122. The summed E-state index contributed by atoms with van der Waals surface area (Å²) in [5, 5.41) is 0. The Balaban J connectivity index is 1.89. The minimum atomic E-state index is -2.95. The van der Waals surface area contributed by atoms with Crippen molar-refractivity contribution >= 4 is 5.97 Å². The van der Waals surface area contributed by atoms with Crippen molar-refractivity contribution < 1.29 is 18.3 Å². The first-order valence-electron chi connectivity index (χ1n) is 5.96. The van der Waals surface area contributed by atoms with Crippen LogP contribution in [0.15, 0.2) is 0 Å². The Hall–Kier alpha value is -0.670. The van der Waals surface area contributed by atoms with Gasteiger partial charge >= 0.3 is 5.97 Å². The number of rotatable bonds is 3. The highest BCUT2D eigenvalue weighted by atomic mass is 19.3. The molecule has 0 spiro atoms. The fourth-order valence-corrected chi connectivity index (χ4v) is 2.90. The van der Waals surface area contributed by atoms with Gasteiger partial charge in [-0.2, -0.15) is 0 Å². The van der Waals surface area contributed by atoms with Gasteiger partial charge < -0.3 is 4.74 Å². The standard InChI is InChI=1S/C12H18F2O2/c1-7(12(2,13)14)16-11(15)10-6-8-3-4-9(10)5-8/h7-10H,3-6H2,1-2H3. The lowest BCUT2D eigenvalue weighted by molar-refractivity contribution is -0.173. The number of alkyl halides is 2. The summed E-state index contributed by atoms with van der Waals surface area (Å²) in [6.45, 7) is 2.04. The smallest absolute Gasteiger partial charge is 0.309 e. The monoisotopic (exact) mass is 232 g/mol. The Kier molecular flexibility index (Phi) is 2.93. The summed E-state index contributed by atoms with van der Waals surface area (Å²) in [4.78, 5) is 11.7. The van der Waals surface area contributed by atoms with Gasteiger partial charge in [-0.05, 0) is 38.0 Å². The van der Waals surface area contributed by atoms with Crippen LogP contribution in [0, 0.1) is 17.8 Å². The van der Waals surface area contributed by atoms with Gasteiger partial charge in [-0.1, -0.05) is 6.42 Å². The lowest BCUT2D eigenvalue weighted by atomic mass is 9.89. The molecule has 92 valence electrons. The van der Waals surface area contributed by atoms with Crippen LogP contribution in [0.1, 0.15) is 39.5 Å². The molecule has 0 saturated heterocycles. The zero-order chi connectivity index (χ0) is 11.9. The maximum Gasteiger partial charge on any atom is 0.309 e. The van der Waals surface area contributed by atoms with E-state index in [0.29, 0.717) is 11.8 Å². The van der Waals surface area contributed by atoms with E-state index in [-0.39, 0.29) is 5.92 Å². The number of hydrogen-bond donors (Lipinski definition) is 0. The quantitative estimate of drug-likeness (QED) is 0.699. The van der Waals surface area contributed by atoms with Gasteiger partial charge in [0.15, 0.2) is 6.10 Å². The molecule has 0 heterocycles. The molecule has 0 aliphatic heterocycles. The van der Waals surface area contributed by atoms with Crippen molar-refractivity contribution in [3.8, 4) is 0 Å². The van der Waals surface area contributed by atoms with Crippen LogP contribution >= 0.6 is 0 Å². The Labute approximate surface area is 94.3 Å². The van der Waals surface area contributed by atoms with Crippen LogP contribution < -0.4 is 0 Å². The molecule has 0 aromatic heterocycles. The van der Waals surface area contributed by atoms with Crippen molar-refractivity contribution in [1.29, 1.82) is 0 Å². The third kappa shape index (κ3) is 2.20. The predicted molar refractivity (Wildman–Crippen MR) is 55.1 cm³/mol. The molecule has 0 aromatic rings. The molecule has 2 bridgehead atoms. The molecule has 2 rings (SSSR count). The topological polar surface area (TPSA) is 26.3 Å². The Morgan fingerprint density at radius 2 is 2.06 bits per heavy atom. The fourth-order valence-electron chi connectivity index (χ4n) is 2.90. The first kappa shape index (κ1) is 11.8. The molecule has 2 aliphatic rings. The number of carbonyl (C=O) groups is 1. The van der Waals surface area contributed by atoms with Gasteiger partial charge in [0.2, 0.25) is 0 Å². The van der Waals surface area contributed by atoms with Crippen LogP contribution in [0.3, 0.4) is 0 Å². The minimum Gasteiger partial charge on any atom is -0.456 e. The summed E-state index contributed by atoms with van der Waals surface area (Å²) in [5.41, 5.74) is 0. The van der Waals surface area contributed by atoms with Crippen LogP contribution in [-0.4, -0.2) is 18.0 Å². The Morgan fingerprint density at radius 1 is 1.38 bits per heavy atom. The highest BCUT2D eigenvalue weighted by Gasteiger charge is 2.45. The van der Waals surface area contributed by atoms with Crippen molar-refractivity contribution in [3.63, 3.8) is 0 Å². The summed E-state index contributed by atoms with van der Waals surface area (Å²) < 4.78 is 30.6. The van der Waals surface area contributed by atoms with Gasteiger partial charge in [-0.15, -0.1) is 0 Å². The molecule has 4 atom stereocenters. The van der Waals surface area contributed by atoms with E-state index in [2.05, 4.69) is 0 Å². The molecule has 4 unspecified atom stereocenters.